The molecule has 0 aliphatic heterocycles. The first-order valence-corrected chi connectivity index (χ1v) is 7.03. The Balaban J connectivity index is 1.63. The van der Waals surface area contributed by atoms with E-state index in [-0.39, 0.29) is 18.4 Å². The SMILES string of the molecule is Nc1ncn(CC(=O)Nc2ccc(-c3nccs3)cc2)n1. The highest BCUT2D eigenvalue weighted by Crippen LogP contribution is 2.23. The van der Waals surface area contributed by atoms with Crippen LogP contribution in [-0.4, -0.2) is 25.7 Å². The fourth-order valence-corrected chi connectivity index (χ4v) is 2.44. The Kier molecular flexibility index (Phi) is 3.61. The zero-order valence-electron chi connectivity index (χ0n) is 10.9. The number of nitrogens with two attached hydrogens (primary N) is 1. The molecule has 7 nitrogen and oxygen atoms in total. The van der Waals surface area contributed by atoms with Gasteiger partial charge in [-0.15, -0.1) is 16.4 Å². The Morgan fingerprint density at radius 3 is 2.71 bits per heavy atom. The summed E-state index contributed by atoms with van der Waals surface area (Å²) in [6.07, 6.45) is 3.18. The molecule has 3 N–H and O–H groups in total. The monoisotopic (exact) mass is 300 g/mol. The molecule has 1 aromatic carbocycles. The van der Waals surface area contributed by atoms with Crippen LogP contribution in [-0.2, 0) is 11.3 Å². The summed E-state index contributed by atoms with van der Waals surface area (Å²) < 4.78 is 1.38. The molecule has 2 heterocycles. The summed E-state index contributed by atoms with van der Waals surface area (Å²) in [6.45, 7) is 0.0679. The number of thiazole rings is 1. The predicted octanol–water partition coefficient (Wildman–Crippen LogP) is 1.62. The first-order valence-electron chi connectivity index (χ1n) is 6.15. The number of carbonyl (C=O) groups excluding carboxylic acids is 1. The molecule has 0 radical (unpaired) electrons. The van der Waals surface area contributed by atoms with Crippen molar-refractivity contribution in [2.24, 2.45) is 0 Å². The van der Waals surface area contributed by atoms with Crippen LogP contribution in [0.25, 0.3) is 10.6 Å². The second-order valence-corrected chi connectivity index (χ2v) is 5.16. The summed E-state index contributed by atoms with van der Waals surface area (Å²) in [6, 6.07) is 7.51. The molecule has 3 rings (SSSR count). The van der Waals surface area contributed by atoms with Crippen LogP contribution in [0.15, 0.2) is 42.2 Å². The van der Waals surface area contributed by atoms with Crippen LogP contribution >= 0.6 is 11.3 Å². The molecule has 0 fully saturated rings. The lowest BCUT2D eigenvalue weighted by atomic mass is 10.2. The molecule has 0 unspecified atom stereocenters. The minimum atomic E-state index is -0.193. The van der Waals surface area contributed by atoms with Gasteiger partial charge < -0.3 is 11.1 Å². The molecule has 21 heavy (non-hydrogen) atoms. The molecule has 0 saturated heterocycles. The largest absolute Gasteiger partial charge is 0.367 e. The van der Waals surface area contributed by atoms with E-state index >= 15 is 0 Å². The van der Waals surface area contributed by atoms with E-state index in [4.69, 9.17) is 5.73 Å². The lowest BCUT2D eigenvalue weighted by Gasteiger charge is -2.05. The van der Waals surface area contributed by atoms with E-state index in [0.717, 1.165) is 10.6 Å². The number of anilines is 2. The zero-order chi connectivity index (χ0) is 14.7. The number of hydrogen-bond acceptors (Lipinski definition) is 6. The Morgan fingerprint density at radius 1 is 1.29 bits per heavy atom. The third-order valence-corrected chi connectivity index (χ3v) is 3.53. The van der Waals surface area contributed by atoms with Gasteiger partial charge in [0.25, 0.3) is 0 Å². The molecule has 0 aliphatic rings. The van der Waals surface area contributed by atoms with E-state index in [1.165, 1.54) is 11.0 Å². The highest BCUT2D eigenvalue weighted by molar-refractivity contribution is 7.13. The van der Waals surface area contributed by atoms with Gasteiger partial charge in [0.1, 0.15) is 17.9 Å². The maximum absolute atomic E-state index is 11.9. The van der Waals surface area contributed by atoms with Gasteiger partial charge in [-0.25, -0.2) is 14.6 Å². The lowest BCUT2D eigenvalue weighted by Crippen LogP contribution is -2.19. The third kappa shape index (κ3) is 3.23. The quantitative estimate of drug-likeness (QED) is 0.763. The van der Waals surface area contributed by atoms with Gasteiger partial charge in [0, 0.05) is 22.8 Å². The van der Waals surface area contributed by atoms with Crippen LogP contribution in [0, 0.1) is 0 Å². The van der Waals surface area contributed by atoms with Crippen LogP contribution in [0.3, 0.4) is 0 Å². The number of benzene rings is 1. The Morgan fingerprint density at radius 2 is 2.10 bits per heavy atom. The topological polar surface area (TPSA) is 98.7 Å². The summed E-state index contributed by atoms with van der Waals surface area (Å²) >= 11 is 1.57. The van der Waals surface area contributed by atoms with Crippen molar-refractivity contribution in [3.05, 3.63) is 42.2 Å². The number of carbonyl (C=O) groups is 1. The van der Waals surface area contributed by atoms with Crippen molar-refractivity contribution in [1.29, 1.82) is 0 Å². The molecule has 8 heteroatoms. The van der Waals surface area contributed by atoms with E-state index in [9.17, 15) is 4.79 Å². The standard InChI is InChI=1S/C13H12N6OS/c14-13-16-8-19(18-13)7-11(20)17-10-3-1-9(2-4-10)12-15-5-6-21-12/h1-6,8H,7H2,(H2,14,18)(H,17,20). The number of nitrogens with zero attached hydrogens (tertiary/aromatic N) is 4. The van der Waals surface area contributed by atoms with Gasteiger partial charge in [0.15, 0.2) is 0 Å². The number of nitrogens with one attached hydrogen (secondary N) is 1. The van der Waals surface area contributed by atoms with Crippen molar-refractivity contribution in [3.63, 3.8) is 0 Å². The molecular formula is C13H12N6OS. The number of amides is 1. The van der Waals surface area contributed by atoms with E-state index in [1.807, 2.05) is 29.6 Å². The van der Waals surface area contributed by atoms with Crippen molar-refractivity contribution < 1.29 is 4.79 Å². The fraction of sp³-hybridized carbons (Fsp3) is 0.0769. The summed E-state index contributed by atoms with van der Waals surface area (Å²) in [5, 5.41) is 9.52. The minimum Gasteiger partial charge on any atom is -0.367 e. The van der Waals surface area contributed by atoms with Crippen molar-refractivity contribution in [3.8, 4) is 10.6 Å². The van der Waals surface area contributed by atoms with Gasteiger partial charge in [-0.3, -0.25) is 4.79 Å². The second kappa shape index (κ2) is 5.71. The molecule has 106 valence electrons. The Bertz CT molecular complexity index is 734. The fourth-order valence-electron chi connectivity index (χ4n) is 1.80. The molecule has 1 amide bonds. The highest BCUT2D eigenvalue weighted by atomic mass is 32.1. The first kappa shape index (κ1) is 13.3. The summed E-state index contributed by atoms with van der Waals surface area (Å²) in [5.41, 5.74) is 7.13. The van der Waals surface area contributed by atoms with Crippen molar-refractivity contribution in [2.45, 2.75) is 6.54 Å². The van der Waals surface area contributed by atoms with Crippen LogP contribution in [0.5, 0.6) is 0 Å². The summed E-state index contributed by atoms with van der Waals surface area (Å²) in [7, 11) is 0. The molecule has 0 aliphatic carbocycles. The van der Waals surface area contributed by atoms with Crippen LogP contribution in [0.4, 0.5) is 11.6 Å². The van der Waals surface area contributed by atoms with Crippen LogP contribution in [0.2, 0.25) is 0 Å². The normalized spacial score (nSPS) is 10.5. The lowest BCUT2D eigenvalue weighted by molar-refractivity contribution is -0.116. The third-order valence-electron chi connectivity index (χ3n) is 2.71. The van der Waals surface area contributed by atoms with Crippen molar-refractivity contribution >= 4 is 28.9 Å². The maximum Gasteiger partial charge on any atom is 0.246 e. The van der Waals surface area contributed by atoms with Gasteiger partial charge in [0.2, 0.25) is 11.9 Å². The number of nitrogen functional groups attached to an aromatic ring is 1. The van der Waals surface area contributed by atoms with Gasteiger partial charge in [-0.2, -0.15) is 0 Å². The van der Waals surface area contributed by atoms with E-state index < -0.39 is 0 Å². The smallest absolute Gasteiger partial charge is 0.246 e. The second-order valence-electron chi connectivity index (χ2n) is 4.26. The maximum atomic E-state index is 11.9. The summed E-state index contributed by atoms with van der Waals surface area (Å²) in [5.74, 6) is -0.0440. The van der Waals surface area contributed by atoms with E-state index in [1.54, 1.807) is 17.5 Å². The minimum absolute atomic E-state index is 0.0679. The number of rotatable bonds is 4. The molecule has 0 saturated carbocycles. The highest BCUT2D eigenvalue weighted by Gasteiger charge is 2.06. The molecule has 0 bridgehead atoms. The Hall–Kier alpha value is -2.74. The molecule has 0 atom stereocenters. The first-order chi connectivity index (χ1) is 10.2. The average molecular weight is 300 g/mol. The van der Waals surface area contributed by atoms with E-state index in [2.05, 4.69) is 20.4 Å². The zero-order valence-corrected chi connectivity index (χ0v) is 11.7. The number of hydrogen-bond donors (Lipinski definition) is 2. The van der Waals surface area contributed by atoms with Crippen molar-refractivity contribution in [1.82, 2.24) is 19.7 Å². The number of aromatic nitrogens is 4. The van der Waals surface area contributed by atoms with E-state index in [0.29, 0.717) is 5.69 Å². The predicted molar refractivity (Wildman–Crippen MR) is 80.6 cm³/mol. The van der Waals surface area contributed by atoms with Crippen LogP contribution < -0.4 is 11.1 Å². The summed E-state index contributed by atoms with van der Waals surface area (Å²) in [4.78, 5) is 19.9. The van der Waals surface area contributed by atoms with Crippen molar-refractivity contribution in [2.75, 3.05) is 11.1 Å². The molecular weight excluding hydrogens is 288 g/mol. The van der Waals surface area contributed by atoms with Crippen LogP contribution in [0.1, 0.15) is 0 Å². The van der Waals surface area contributed by atoms with Gasteiger partial charge in [0.05, 0.1) is 0 Å². The molecule has 0 spiro atoms. The van der Waals surface area contributed by atoms with Gasteiger partial charge >= 0.3 is 0 Å². The van der Waals surface area contributed by atoms with Gasteiger partial charge in [-0.1, -0.05) is 0 Å². The Labute approximate surface area is 124 Å². The van der Waals surface area contributed by atoms with Gasteiger partial charge in [-0.05, 0) is 24.3 Å². The molecule has 3 aromatic rings. The molecule has 2 aromatic heterocycles. The average Bonchev–Trinajstić information content (AvgIpc) is 3.11.